The van der Waals surface area contributed by atoms with Gasteiger partial charge in [-0.3, -0.25) is 0 Å². The van der Waals surface area contributed by atoms with Crippen molar-refractivity contribution in [1.29, 1.82) is 0 Å². The van der Waals surface area contributed by atoms with E-state index in [-0.39, 0.29) is 0 Å². The molecule has 1 heterocycles. The zero-order chi connectivity index (χ0) is 15.1. The molecule has 0 aromatic carbocycles. The third kappa shape index (κ3) is 5.34. The molecule has 0 saturated heterocycles. The van der Waals surface area contributed by atoms with Gasteiger partial charge in [0.2, 0.25) is 5.95 Å². The van der Waals surface area contributed by atoms with Gasteiger partial charge in [0.1, 0.15) is 10.8 Å². The van der Waals surface area contributed by atoms with Gasteiger partial charge in [-0.15, -0.1) is 0 Å². The van der Waals surface area contributed by atoms with Crippen LogP contribution >= 0.6 is 11.6 Å². The Morgan fingerprint density at radius 1 is 1.19 bits per heavy atom. The lowest BCUT2D eigenvalue weighted by Crippen LogP contribution is -2.16. The Kier molecular flexibility index (Phi) is 6.55. The van der Waals surface area contributed by atoms with Gasteiger partial charge in [0.15, 0.2) is 0 Å². The van der Waals surface area contributed by atoms with Crippen molar-refractivity contribution in [2.24, 2.45) is 11.8 Å². The van der Waals surface area contributed by atoms with Gasteiger partial charge >= 0.3 is 0 Å². The lowest BCUT2D eigenvalue weighted by atomic mass is 9.81. The Morgan fingerprint density at radius 3 is 2.67 bits per heavy atom. The van der Waals surface area contributed by atoms with Crippen molar-refractivity contribution in [1.82, 2.24) is 9.97 Å². The molecule has 0 aliphatic heterocycles. The van der Waals surface area contributed by atoms with Gasteiger partial charge in [0.25, 0.3) is 0 Å². The third-order valence-corrected chi connectivity index (χ3v) is 4.53. The molecule has 21 heavy (non-hydrogen) atoms. The number of aromatic nitrogens is 2. The number of nitrogens with zero attached hydrogens (tertiary/aromatic N) is 2. The molecule has 0 radical (unpaired) electrons. The van der Waals surface area contributed by atoms with Crippen LogP contribution in [-0.2, 0) is 0 Å². The fraction of sp³-hybridized carbons (Fsp3) is 0.750. The van der Waals surface area contributed by atoms with Crippen molar-refractivity contribution in [2.45, 2.75) is 52.4 Å². The summed E-state index contributed by atoms with van der Waals surface area (Å²) in [5.41, 5.74) is 0. The normalized spacial score (nSPS) is 22.0. The van der Waals surface area contributed by atoms with Crippen molar-refractivity contribution < 1.29 is 0 Å². The van der Waals surface area contributed by atoms with E-state index in [1.165, 1.54) is 32.1 Å². The molecule has 2 N–H and O–H groups in total. The Morgan fingerprint density at radius 2 is 1.95 bits per heavy atom. The molecule has 1 aliphatic rings. The summed E-state index contributed by atoms with van der Waals surface area (Å²) in [5, 5.41) is 7.14. The summed E-state index contributed by atoms with van der Waals surface area (Å²) < 4.78 is 0. The molecule has 1 fully saturated rings. The Balaban J connectivity index is 1.79. The molecule has 0 atom stereocenters. The van der Waals surface area contributed by atoms with E-state index in [9.17, 15) is 0 Å². The molecular formula is C16H27ClN4. The minimum Gasteiger partial charge on any atom is -0.369 e. The van der Waals surface area contributed by atoms with Crippen LogP contribution in [0.5, 0.6) is 0 Å². The number of hydrogen-bond acceptors (Lipinski definition) is 4. The number of halogens is 1. The fourth-order valence-corrected chi connectivity index (χ4v) is 2.98. The SMILES string of the molecule is CCCNc1ncc(Cl)c(NCCC2CCC(C)CC2)n1. The largest absolute Gasteiger partial charge is 0.369 e. The van der Waals surface area contributed by atoms with Crippen LogP contribution in [0.1, 0.15) is 52.4 Å². The molecular weight excluding hydrogens is 284 g/mol. The Hall–Kier alpha value is -1.03. The van der Waals surface area contributed by atoms with Crippen LogP contribution in [0.4, 0.5) is 11.8 Å². The van der Waals surface area contributed by atoms with Crippen molar-refractivity contribution >= 4 is 23.4 Å². The molecule has 1 saturated carbocycles. The molecule has 1 aromatic rings. The second kappa shape index (κ2) is 8.42. The summed E-state index contributed by atoms with van der Waals surface area (Å²) in [6, 6.07) is 0. The molecule has 0 bridgehead atoms. The molecule has 1 aromatic heterocycles. The summed E-state index contributed by atoms with van der Waals surface area (Å²) in [6.45, 7) is 6.29. The van der Waals surface area contributed by atoms with Crippen LogP contribution in [0.3, 0.4) is 0 Å². The second-order valence-electron chi connectivity index (χ2n) is 6.16. The van der Waals surface area contributed by atoms with E-state index < -0.39 is 0 Å². The van der Waals surface area contributed by atoms with E-state index >= 15 is 0 Å². The van der Waals surface area contributed by atoms with Crippen LogP contribution in [-0.4, -0.2) is 23.1 Å². The lowest BCUT2D eigenvalue weighted by Gasteiger charge is -2.26. The highest BCUT2D eigenvalue weighted by atomic mass is 35.5. The van der Waals surface area contributed by atoms with E-state index in [4.69, 9.17) is 11.6 Å². The average molecular weight is 311 g/mol. The van der Waals surface area contributed by atoms with Gasteiger partial charge < -0.3 is 10.6 Å². The summed E-state index contributed by atoms with van der Waals surface area (Å²) in [5.74, 6) is 3.16. The molecule has 4 nitrogen and oxygen atoms in total. The first kappa shape index (κ1) is 16.3. The van der Waals surface area contributed by atoms with Crippen molar-refractivity contribution in [3.63, 3.8) is 0 Å². The van der Waals surface area contributed by atoms with Crippen LogP contribution in [0.15, 0.2) is 6.20 Å². The summed E-state index contributed by atoms with van der Waals surface area (Å²) in [6.07, 6.45) is 9.40. The topological polar surface area (TPSA) is 49.8 Å². The zero-order valence-electron chi connectivity index (χ0n) is 13.2. The van der Waals surface area contributed by atoms with Gasteiger partial charge in [-0.1, -0.05) is 51.1 Å². The van der Waals surface area contributed by atoms with Crippen molar-refractivity contribution in [2.75, 3.05) is 23.7 Å². The minimum absolute atomic E-state index is 0.592. The minimum atomic E-state index is 0.592. The quantitative estimate of drug-likeness (QED) is 0.774. The predicted molar refractivity (Wildman–Crippen MR) is 90.1 cm³/mol. The van der Waals surface area contributed by atoms with Gasteiger partial charge in [-0.25, -0.2) is 4.98 Å². The molecule has 2 rings (SSSR count). The van der Waals surface area contributed by atoms with Crippen LogP contribution in [0.2, 0.25) is 5.02 Å². The van der Waals surface area contributed by atoms with Gasteiger partial charge in [0.05, 0.1) is 6.20 Å². The molecule has 0 unspecified atom stereocenters. The maximum atomic E-state index is 6.16. The van der Waals surface area contributed by atoms with E-state index in [0.29, 0.717) is 11.0 Å². The van der Waals surface area contributed by atoms with Crippen LogP contribution in [0, 0.1) is 11.8 Å². The highest BCUT2D eigenvalue weighted by Gasteiger charge is 2.17. The van der Waals surface area contributed by atoms with E-state index in [2.05, 4.69) is 34.4 Å². The standard InChI is InChI=1S/C16H27ClN4/c1-3-9-19-16-20-11-14(17)15(21-16)18-10-8-13-6-4-12(2)5-7-13/h11-13H,3-10H2,1-2H3,(H2,18,19,20,21). The molecule has 1 aliphatic carbocycles. The molecule has 0 spiro atoms. The Bertz CT molecular complexity index is 430. The van der Waals surface area contributed by atoms with Crippen LogP contribution in [0.25, 0.3) is 0 Å². The van der Waals surface area contributed by atoms with Gasteiger partial charge in [-0.2, -0.15) is 4.98 Å². The molecule has 5 heteroatoms. The summed E-state index contributed by atoms with van der Waals surface area (Å²) >= 11 is 6.16. The number of nitrogens with one attached hydrogen (secondary N) is 2. The average Bonchev–Trinajstić information content (AvgIpc) is 2.50. The van der Waals surface area contributed by atoms with Crippen molar-refractivity contribution in [3.05, 3.63) is 11.2 Å². The summed E-state index contributed by atoms with van der Waals surface area (Å²) in [7, 11) is 0. The second-order valence-corrected chi connectivity index (χ2v) is 6.57. The predicted octanol–water partition coefficient (Wildman–Crippen LogP) is 4.58. The van der Waals surface area contributed by atoms with E-state index in [1.807, 2.05) is 0 Å². The maximum absolute atomic E-state index is 6.16. The number of hydrogen-bond donors (Lipinski definition) is 2. The number of anilines is 2. The molecule has 118 valence electrons. The van der Waals surface area contributed by atoms with Gasteiger partial charge in [0, 0.05) is 13.1 Å². The maximum Gasteiger partial charge on any atom is 0.224 e. The van der Waals surface area contributed by atoms with Crippen LogP contribution < -0.4 is 10.6 Å². The first-order valence-electron chi connectivity index (χ1n) is 8.19. The lowest BCUT2D eigenvalue weighted by molar-refractivity contribution is 0.282. The Labute approximate surface area is 133 Å². The zero-order valence-corrected chi connectivity index (χ0v) is 13.9. The van der Waals surface area contributed by atoms with E-state index in [0.717, 1.165) is 37.2 Å². The first-order chi connectivity index (χ1) is 10.2. The smallest absolute Gasteiger partial charge is 0.224 e. The first-order valence-corrected chi connectivity index (χ1v) is 8.57. The number of rotatable bonds is 7. The monoisotopic (exact) mass is 310 g/mol. The highest BCUT2D eigenvalue weighted by Crippen LogP contribution is 2.30. The third-order valence-electron chi connectivity index (χ3n) is 4.26. The summed E-state index contributed by atoms with van der Waals surface area (Å²) in [4.78, 5) is 8.63. The fourth-order valence-electron chi connectivity index (χ4n) is 2.83. The highest BCUT2D eigenvalue weighted by molar-refractivity contribution is 6.32. The molecule has 0 amide bonds. The van der Waals surface area contributed by atoms with Gasteiger partial charge in [-0.05, 0) is 24.7 Å². The van der Waals surface area contributed by atoms with E-state index in [1.54, 1.807) is 6.20 Å². The van der Waals surface area contributed by atoms with Crippen molar-refractivity contribution in [3.8, 4) is 0 Å².